The quantitative estimate of drug-likeness (QED) is 0.829. The molecule has 0 bridgehead atoms. The molecular weight excluding hydrogens is 260 g/mol. The zero-order valence-electron chi connectivity index (χ0n) is 11.2. The van der Waals surface area contributed by atoms with E-state index in [0.29, 0.717) is 5.92 Å². The molecule has 2 rings (SSSR count). The summed E-state index contributed by atoms with van der Waals surface area (Å²) in [6, 6.07) is 6.73. The van der Waals surface area contributed by atoms with Crippen LogP contribution in [-0.4, -0.2) is 13.0 Å². The zero-order valence-corrected chi connectivity index (χ0v) is 12.0. The first-order valence-electron chi connectivity index (χ1n) is 7.15. The van der Waals surface area contributed by atoms with Crippen LogP contribution in [0.4, 0.5) is 0 Å². The highest BCUT2D eigenvalue weighted by molar-refractivity contribution is 7.85. The van der Waals surface area contributed by atoms with Crippen molar-refractivity contribution in [2.24, 2.45) is 0 Å². The van der Waals surface area contributed by atoms with Gasteiger partial charge in [-0.2, -0.15) is 8.42 Å². The van der Waals surface area contributed by atoms with Crippen molar-refractivity contribution >= 4 is 10.1 Å². The molecular formula is C15H22O3S. The van der Waals surface area contributed by atoms with Crippen LogP contribution in [0.5, 0.6) is 0 Å². The summed E-state index contributed by atoms with van der Waals surface area (Å²) in [4.78, 5) is -0.0145. The maximum Gasteiger partial charge on any atom is 0.294 e. The van der Waals surface area contributed by atoms with E-state index in [0.717, 1.165) is 0 Å². The van der Waals surface area contributed by atoms with Gasteiger partial charge in [-0.3, -0.25) is 4.55 Å². The van der Waals surface area contributed by atoms with Crippen molar-refractivity contribution in [3.05, 3.63) is 29.8 Å². The predicted octanol–water partition coefficient (Wildman–Crippen LogP) is 4.15. The van der Waals surface area contributed by atoms with Crippen LogP contribution >= 0.6 is 0 Å². The number of hydrogen-bond donors (Lipinski definition) is 1. The molecule has 0 radical (unpaired) electrons. The fourth-order valence-electron chi connectivity index (χ4n) is 2.88. The Bertz CT molecular complexity index is 481. The van der Waals surface area contributed by atoms with Crippen LogP contribution in [0.25, 0.3) is 0 Å². The SMILES string of the molecule is O=S(=O)(O)c1ccc(C2CCCCCCCC2)cc1. The van der Waals surface area contributed by atoms with Crippen LogP contribution in [0.2, 0.25) is 0 Å². The third-order valence-electron chi connectivity index (χ3n) is 4.00. The summed E-state index contributed by atoms with van der Waals surface area (Å²) >= 11 is 0. The van der Waals surface area contributed by atoms with Crippen molar-refractivity contribution in [3.8, 4) is 0 Å². The lowest BCUT2D eigenvalue weighted by molar-refractivity contribution is 0.483. The minimum Gasteiger partial charge on any atom is -0.282 e. The lowest BCUT2D eigenvalue weighted by atomic mass is 9.90. The molecule has 1 aliphatic carbocycles. The predicted molar refractivity (Wildman–Crippen MR) is 75.9 cm³/mol. The van der Waals surface area contributed by atoms with Gasteiger partial charge in [-0.15, -0.1) is 0 Å². The molecule has 3 nitrogen and oxygen atoms in total. The van der Waals surface area contributed by atoms with Crippen LogP contribution in [0.1, 0.15) is 62.8 Å². The van der Waals surface area contributed by atoms with Gasteiger partial charge in [0.25, 0.3) is 10.1 Å². The van der Waals surface area contributed by atoms with Gasteiger partial charge in [0.15, 0.2) is 0 Å². The Kier molecular flexibility index (Phi) is 4.99. The number of rotatable bonds is 2. The summed E-state index contributed by atoms with van der Waals surface area (Å²) in [6.45, 7) is 0. The minimum atomic E-state index is -4.07. The van der Waals surface area contributed by atoms with E-state index < -0.39 is 10.1 Å². The van der Waals surface area contributed by atoms with Gasteiger partial charge in [-0.25, -0.2) is 0 Å². The molecule has 1 saturated carbocycles. The average molecular weight is 282 g/mol. The third kappa shape index (κ3) is 4.32. The zero-order chi connectivity index (χ0) is 13.7. The maximum absolute atomic E-state index is 11.0. The van der Waals surface area contributed by atoms with E-state index in [2.05, 4.69) is 0 Å². The molecule has 1 fully saturated rings. The van der Waals surface area contributed by atoms with Crippen molar-refractivity contribution in [3.63, 3.8) is 0 Å². The molecule has 1 N–H and O–H groups in total. The lowest BCUT2D eigenvalue weighted by Crippen LogP contribution is -2.01. The smallest absolute Gasteiger partial charge is 0.282 e. The molecule has 0 amide bonds. The highest BCUT2D eigenvalue weighted by Gasteiger charge is 2.15. The van der Waals surface area contributed by atoms with Crippen LogP contribution in [-0.2, 0) is 10.1 Å². The molecule has 4 heteroatoms. The highest BCUT2D eigenvalue weighted by Crippen LogP contribution is 2.30. The Morgan fingerprint density at radius 1 is 0.842 bits per heavy atom. The summed E-state index contributed by atoms with van der Waals surface area (Å²) in [6.07, 6.45) is 10.2. The van der Waals surface area contributed by atoms with Gasteiger partial charge in [0, 0.05) is 0 Å². The Hall–Kier alpha value is -0.870. The van der Waals surface area contributed by atoms with E-state index in [1.54, 1.807) is 0 Å². The Balaban J connectivity index is 2.11. The van der Waals surface area contributed by atoms with Crippen molar-refractivity contribution in [1.29, 1.82) is 0 Å². The van der Waals surface area contributed by atoms with E-state index in [-0.39, 0.29) is 4.90 Å². The van der Waals surface area contributed by atoms with E-state index >= 15 is 0 Å². The first-order chi connectivity index (χ1) is 9.07. The first-order valence-corrected chi connectivity index (χ1v) is 8.59. The Labute approximate surface area is 115 Å². The van der Waals surface area contributed by atoms with E-state index in [1.165, 1.54) is 69.1 Å². The molecule has 1 aliphatic rings. The van der Waals surface area contributed by atoms with Crippen LogP contribution < -0.4 is 0 Å². The second-order valence-corrected chi connectivity index (χ2v) is 6.86. The van der Waals surface area contributed by atoms with Crippen LogP contribution in [0.3, 0.4) is 0 Å². The van der Waals surface area contributed by atoms with Gasteiger partial charge in [0.05, 0.1) is 4.90 Å². The van der Waals surface area contributed by atoms with Crippen LogP contribution in [0, 0.1) is 0 Å². The second kappa shape index (κ2) is 6.53. The summed E-state index contributed by atoms with van der Waals surface area (Å²) in [5.41, 5.74) is 1.20. The summed E-state index contributed by atoms with van der Waals surface area (Å²) < 4.78 is 31.0. The van der Waals surface area contributed by atoms with Crippen molar-refractivity contribution < 1.29 is 13.0 Å². The maximum atomic E-state index is 11.0. The van der Waals surface area contributed by atoms with E-state index in [4.69, 9.17) is 4.55 Å². The second-order valence-electron chi connectivity index (χ2n) is 5.44. The fraction of sp³-hybridized carbons (Fsp3) is 0.600. The van der Waals surface area contributed by atoms with Gasteiger partial charge in [0.1, 0.15) is 0 Å². The van der Waals surface area contributed by atoms with Crippen molar-refractivity contribution in [1.82, 2.24) is 0 Å². The molecule has 0 atom stereocenters. The lowest BCUT2D eigenvalue weighted by Gasteiger charge is -2.16. The third-order valence-corrected chi connectivity index (χ3v) is 4.87. The molecule has 0 heterocycles. The van der Waals surface area contributed by atoms with Crippen molar-refractivity contribution in [2.75, 3.05) is 0 Å². The topological polar surface area (TPSA) is 54.4 Å². The molecule has 19 heavy (non-hydrogen) atoms. The first kappa shape index (κ1) is 14.5. The number of hydrogen-bond acceptors (Lipinski definition) is 2. The molecule has 106 valence electrons. The number of benzene rings is 1. The molecule has 0 spiro atoms. The van der Waals surface area contributed by atoms with E-state index in [9.17, 15) is 8.42 Å². The summed E-state index contributed by atoms with van der Waals surface area (Å²) in [7, 11) is -4.07. The normalized spacial score (nSPS) is 19.4. The molecule has 0 saturated heterocycles. The highest BCUT2D eigenvalue weighted by atomic mass is 32.2. The molecule has 1 aromatic rings. The van der Waals surface area contributed by atoms with Gasteiger partial charge >= 0.3 is 0 Å². The molecule has 1 aromatic carbocycles. The Morgan fingerprint density at radius 3 is 1.79 bits per heavy atom. The largest absolute Gasteiger partial charge is 0.294 e. The monoisotopic (exact) mass is 282 g/mol. The standard InChI is InChI=1S/C15H22O3S/c16-19(17,18)15-11-9-14(10-12-15)13-7-5-3-1-2-4-6-8-13/h9-13H,1-8H2,(H,16,17,18). The average Bonchev–Trinajstić information content (AvgIpc) is 2.51. The molecule has 0 unspecified atom stereocenters. The van der Waals surface area contributed by atoms with Gasteiger partial charge in [-0.05, 0) is 36.5 Å². The fourth-order valence-corrected chi connectivity index (χ4v) is 3.36. The van der Waals surface area contributed by atoms with Crippen molar-refractivity contribution in [2.45, 2.75) is 62.2 Å². The minimum absolute atomic E-state index is 0.0145. The Morgan fingerprint density at radius 2 is 1.32 bits per heavy atom. The van der Waals surface area contributed by atoms with Gasteiger partial charge in [0.2, 0.25) is 0 Å². The van der Waals surface area contributed by atoms with Crippen LogP contribution in [0.15, 0.2) is 29.2 Å². The van der Waals surface area contributed by atoms with Gasteiger partial charge in [-0.1, -0.05) is 50.7 Å². The summed E-state index contributed by atoms with van der Waals surface area (Å²) in [5, 5.41) is 0. The van der Waals surface area contributed by atoms with E-state index in [1.807, 2.05) is 12.1 Å². The molecule has 0 aromatic heterocycles. The summed E-state index contributed by atoms with van der Waals surface area (Å²) in [5.74, 6) is 0.536. The van der Waals surface area contributed by atoms with Gasteiger partial charge < -0.3 is 0 Å². The molecule has 0 aliphatic heterocycles.